The number of hydroxylamine groups is 1. The van der Waals surface area contributed by atoms with Crippen molar-refractivity contribution in [2.45, 2.75) is 23.4 Å². The molecule has 1 fully saturated rings. The molecule has 10 nitrogen and oxygen atoms in total. The standard InChI is InChI=1S/C26H35N5O5S2/c1-26(27-18-24(37-26)25(32)28-33)30-11-13-31(14-12-30)38(34,35)23-9-7-21(8-10-23)22-6-4-5-20(17-22)19-29(2)15-16-36-3/h4-10,17-18,27,33H,11-16,19H2,1-3H3,(H,28,32). The Balaban J connectivity index is 1.38. The lowest BCUT2D eigenvalue weighted by Crippen LogP contribution is -2.58. The molecule has 2 aliphatic rings. The molecule has 1 atom stereocenters. The maximum absolute atomic E-state index is 13.4. The molecular formula is C26H35N5O5S2. The lowest BCUT2D eigenvalue weighted by molar-refractivity contribution is -0.124. The van der Waals surface area contributed by atoms with Gasteiger partial charge >= 0.3 is 0 Å². The number of carbonyl (C=O) groups excluding carboxylic acids is 1. The average Bonchev–Trinajstić information content (AvgIpc) is 3.35. The number of nitrogens with zero attached hydrogens (tertiary/aromatic N) is 3. The molecule has 0 spiro atoms. The van der Waals surface area contributed by atoms with Crippen molar-refractivity contribution in [3.63, 3.8) is 0 Å². The van der Waals surface area contributed by atoms with Gasteiger partial charge in [-0.25, -0.2) is 13.9 Å². The van der Waals surface area contributed by atoms with Crippen LogP contribution in [0.2, 0.25) is 0 Å². The van der Waals surface area contributed by atoms with Gasteiger partial charge in [-0.2, -0.15) is 4.31 Å². The van der Waals surface area contributed by atoms with Gasteiger partial charge in [0.2, 0.25) is 10.0 Å². The first-order valence-corrected chi connectivity index (χ1v) is 14.7. The van der Waals surface area contributed by atoms with E-state index in [2.05, 4.69) is 34.3 Å². The molecule has 38 heavy (non-hydrogen) atoms. The molecule has 0 bridgehead atoms. The molecule has 2 aromatic carbocycles. The van der Waals surface area contributed by atoms with E-state index in [0.717, 1.165) is 24.2 Å². The first kappa shape index (κ1) is 28.6. The first-order valence-electron chi connectivity index (χ1n) is 12.4. The van der Waals surface area contributed by atoms with Gasteiger partial charge in [0.1, 0.15) is 4.99 Å². The SMILES string of the molecule is COCCN(C)Cc1cccc(-c2ccc(S(=O)(=O)N3CCN(C4(C)NC=C(C(=O)NO)S4)CC3)cc2)c1. The fourth-order valence-corrected chi connectivity index (χ4v) is 7.14. The van der Waals surface area contributed by atoms with Gasteiger partial charge in [0.15, 0.2) is 0 Å². The summed E-state index contributed by atoms with van der Waals surface area (Å²) in [5, 5.41) is 12.1. The summed E-state index contributed by atoms with van der Waals surface area (Å²) in [6.07, 6.45) is 1.57. The van der Waals surface area contributed by atoms with Gasteiger partial charge in [0.25, 0.3) is 5.91 Å². The lowest BCUT2D eigenvalue weighted by atomic mass is 10.0. The summed E-state index contributed by atoms with van der Waals surface area (Å²) >= 11 is 1.29. The summed E-state index contributed by atoms with van der Waals surface area (Å²) in [7, 11) is 0.112. The predicted molar refractivity (Wildman–Crippen MR) is 148 cm³/mol. The third-order valence-corrected chi connectivity index (χ3v) is 10.0. The Kier molecular flexibility index (Phi) is 9.14. The minimum absolute atomic E-state index is 0.272. The van der Waals surface area contributed by atoms with Crippen molar-refractivity contribution >= 4 is 27.7 Å². The van der Waals surface area contributed by atoms with E-state index in [4.69, 9.17) is 9.94 Å². The summed E-state index contributed by atoms with van der Waals surface area (Å²) in [5.74, 6) is -0.572. The van der Waals surface area contributed by atoms with Crippen molar-refractivity contribution in [1.82, 2.24) is 24.9 Å². The van der Waals surface area contributed by atoms with E-state index in [1.165, 1.54) is 21.6 Å². The number of nitrogens with one attached hydrogen (secondary N) is 2. The second-order valence-electron chi connectivity index (χ2n) is 9.53. The molecule has 2 heterocycles. The number of amides is 1. The zero-order valence-electron chi connectivity index (χ0n) is 21.9. The number of methoxy groups -OCH3 is 1. The van der Waals surface area contributed by atoms with Gasteiger partial charge in [0.05, 0.1) is 16.4 Å². The van der Waals surface area contributed by atoms with Crippen molar-refractivity contribution in [3.05, 3.63) is 65.2 Å². The van der Waals surface area contributed by atoms with Crippen LogP contribution in [0.15, 0.2) is 64.5 Å². The molecule has 2 aromatic rings. The summed E-state index contributed by atoms with van der Waals surface area (Å²) in [4.78, 5) is 16.1. The number of sulfonamides is 1. The van der Waals surface area contributed by atoms with Gasteiger partial charge in [-0.3, -0.25) is 19.8 Å². The highest BCUT2D eigenvalue weighted by molar-refractivity contribution is 8.05. The normalized spacial score (nSPS) is 20.8. The minimum atomic E-state index is -3.64. The van der Waals surface area contributed by atoms with Crippen LogP contribution >= 0.6 is 11.8 Å². The molecule has 0 aromatic heterocycles. The fraction of sp³-hybridized carbons (Fsp3) is 0.423. The highest BCUT2D eigenvalue weighted by atomic mass is 32.2. The van der Waals surface area contributed by atoms with Crippen LogP contribution in [0.3, 0.4) is 0 Å². The van der Waals surface area contributed by atoms with Crippen LogP contribution in [0.5, 0.6) is 0 Å². The number of rotatable bonds is 10. The van der Waals surface area contributed by atoms with Crippen LogP contribution in [0, 0.1) is 0 Å². The fourth-order valence-electron chi connectivity index (χ4n) is 4.61. The predicted octanol–water partition coefficient (Wildman–Crippen LogP) is 2.10. The summed E-state index contributed by atoms with van der Waals surface area (Å²) < 4.78 is 33.4. The molecule has 0 radical (unpaired) electrons. The Morgan fingerprint density at radius 2 is 1.87 bits per heavy atom. The van der Waals surface area contributed by atoms with E-state index in [0.29, 0.717) is 37.7 Å². The van der Waals surface area contributed by atoms with Crippen LogP contribution in [-0.4, -0.2) is 92.1 Å². The van der Waals surface area contributed by atoms with E-state index < -0.39 is 20.9 Å². The van der Waals surface area contributed by atoms with Crippen LogP contribution in [0.25, 0.3) is 11.1 Å². The number of hydrogen-bond donors (Lipinski definition) is 3. The van der Waals surface area contributed by atoms with Gasteiger partial charge in [0, 0.05) is 52.6 Å². The van der Waals surface area contributed by atoms with E-state index in [1.807, 2.05) is 31.2 Å². The Hall–Kier alpha value is -2.45. The summed E-state index contributed by atoms with van der Waals surface area (Å²) in [5.41, 5.74) is 4.82. The van der Waals surface area contributed by atoms with Crippen LogP contribution in [0.1, 0.15) is 12.5 Å². The second kappa shape index (κ2) is 12.2. The molecule has 2 aliphatic heterocycles. The van der Waals surface area contributed by atoms with Gasteiger partial charge in [-0.15, -0.1) is 0 Å². The third-order valence-electron chi connectivity index (χ3n) is 6.83. The Morgan fingerprint density at radius 3 is 2.53 bits per heavy atom. The molecule has 3 N–H and O–H groups in total. The minimum Gasteiger partial charge on any atom is -0.383 e. The third kappa shape index (κ3) is 6.40. The number of piperazine rings is 1. The van der Waals surface area contributed by atoms with Crippen LogP contribution < -0.4 is 10.8 Å². The maximum atomic E-state index is 13.4. The van der Waals surface area contributed by atoms with E-state index in [-0.39, 0.29) is 4.90 Å². The molecule has 0 aliphatic carbocycles. The highest BCUT2D eigenvalue weighted by Gasteiger charge is 2.41. The molecule has 12 heteroatoms. The number of ether oxygens (including phenoxy) is 1. The Labute approximate surface area is 228 Å². The number of thioether (sulfide) groups is 1. The number of carbonyl (C=O) groups is 1. The average molecular weight is 562 g/mol. The molecule has 4 rings (SSSR count). The molecule has 0 saturated carbocycles. The molecular weight excluding hydrogens is 526 g/mol. The zero-order chi connectivity index (χ0) is 27.3. The van der Waals surface area contributed by atoms with E-state index in [9.17, 15) is 13.2 Å². The largest absolute Gasteiger partial charge is 0.383 e. The van der Waals surface area contributed by atoms with Crippen molar-refractivity contribution in [1.29, 1.82) is 0 Å². The highest BCUT2D eigenvalue weighted by Crippen LogP contribution is 2.38. The van der Waals surface area contributed by atoms with Crippen molar-refractivity contribution < 1.29 is 23.2 Å². The monoisotopic (exact) mass is 561 g/mol. The zero-order valence-corrected chi connectivity index (χ0v) is 23.5. The molecule has 206 valence electrons. The van der Waals surface area contributed by atoms with Crippen molar-refractivity contribution in [3.8, 4) is 11.1 Å². The molecule has 1 saturated heterocycles. The molecule has 1 unspecified atom stereocenters. The van der Waals surface area contributed by atoms with Crippen molar-refractivity contribution in [2.24, 2.45) is 0 Å². The number of benzene rings is 2. The number of hydrogen-bond acceptors (Lipinski definition) is 9. The van der Waals surface area contributed by atoms with E-state index >= 15 is 0 Å². The molecule has 1 amide bonds. The van der Waals surface area contributed by atoms with Gasteiger partial charge in [-0.1, -0.05) is 42.1 Å². The maximum Gasteiger partial charge on any atom is 0.282 e. The van der Waals surface area contributed by atoms with Gasteiger partial charge in [-0.05, 0) is 48.9 Å². The number of likely N-dealkylation sites (N-methyl/N-ethyl adjacent to an activating group) is 1. The quantitative estimate of drug-likeness (QED) is 0.296. The summed E-state index contributed by atoms with van der Waals surface area (Å²) in [6, 6.07) is 15.3. The smallest absolute Gasteiger partial charge is 0.282 e. The Morgan fingerprint density at radius 1 is 1.16 bits per heavy atom. The lowest BCUT2D eigenvalue weighted by Gasteiger charge is -2.43. The first-order chi connectivity index (χ1) is 18.2. The second-order valence-corrected chi connectivity index (χ2v) is 12.9. The van der Waals surface area contributed by atoms with Crippen molar-refractivity contribution in [2.75, 3.05) is 53.5 Å². The topological polar surface area (TPSA) is 114 Å². The van der Waals surface area contributed by atoms with E-state index in [1.54, 1.807) is 30.9 Å². The van der Waals surface area contributed by atoms with Gasteiger partial charge < -0.3 is 10.1 Å². The summed E-state index contributed by atoms with van der Waals surface area (Å²) in [6.45, 7) is 5.93. The Bertz CT molecular complexity index is 1260. The van der Waals surface area contributed by atoms with Crippen LogP contribution in [-0.2, 0) is 26.1 Å². The van der Waals surface area contributed by atoms with Crippen LogP contribution in [0.4, 0.5) is 0 Å².